The molecule has 0 aromatic heterocycles. The van der Waals surface area contributed by atoms with Gasteiger partial charge in [0.2, 0.25) is 0 Å². The van der Waals surface area contributed by atoms with Gasteiger partial charge in [0, 0.05) is 60.6 Å². The van der Waals surface area contributed by atoms with Crippen LogP contribution in [0.1, 0.15) is 20.7 Å². The monoisotopic (exact) mass is 538 g/mol. The lowest BCUT2D eigenvalue weighted by molar-refractivity contribution is 0.0376. The fourth-order valence-electron chi connectivity index (χ4n) is 4.98. The summed E-state index contributed by atoms with van der Waals surface area (Å²) in [4.78, 5) is 32.0. The van der Waals surface area contributed by atoms with Crippen LogP contribution in [-0.4, -0.2) is 83.0 Å². The lowest BCUT2D eigenvalue weighted by Gasteiger charge is -2.38. The third-order valence-electron chi connectivity index (χ3n) is 6.97. The van der Waals surface area contributed by atoms with Crippen molar-refractivity contribution in [3.8, 4) is 0 Å². The highest BCUT2D eigenvalue weighted by atomic mass is 35.5. The number of likely N-dealkylation sites (tertiary alicyclic amines) is 1. The number of para-hydroxylation sites is 1. The average Bonchev–Trinajstić information content (AvgIpc) is 3.31. The van der Waals surface area contributed by atoms with Crippen LogP contribution in [0.4, 0.5) is 11.4 Å². The second kappa shape index (κ2) is 11.1. The quantitative estimate of drug-likeness (QED) is 0.504. The van der Waals surface area contributed by atoms with E-state index >= 15 is 0 Å². The van der Waals surface area contributed by atoms with Crippen LogP contribution in [-0.2, 0) is 0 Å². The zero-order chi connectivity index (χ0) is 25.9. The molecule has 9 heteroatoms. The van der Waals surface area contributed by atoms with E-state index in [1.165, 1.54) is 0 Å². The number of nitrogens with one attached hydrogen (secondary N) is 1. The van der Waals surface area contributed by atoms with Gasteiger partial charge in [0.1, 0.15) is 0 Å². The molecule has 2 fully saturated rings. The lowest BCUT2D eigenvalue weighted by atomic mass is 10.1. The Morgan fingerprint density at radius 1 is 0.784 bits per heavy atom. The Morgan fingerprint density at radius 3 is 2.16 bits per heavy atom. The smallest absolute Gasteiger partial charge is 0.256 e. The molecule has 3 aromatic rings. The van der Waals surface area contributed by atoms with E-state index in [1.54, 1.807) is 47.4 Å². The van der Waals surface area contributed by atoms with E-state index in [1.807, 2.05) is 35.2 Å². The first-order valence-corrected chi connectivity index (χ1v) is 13.0. The van der Waals surface area contributed by atoms with Crippen molar-refractivity contribution in [2.24, 2.45) is 0 Å². The minimum Gasteiger partial charge on any atom is -0.390 e. The van der Waals surface area contributed by atoms with Gasteiger partial charge in [-0.3, -0.25) is 14.5 Å². The molecule has 3 aromatic carbocycles. The van der Waals surface area contributed by atoms with Gasteiger partial charge in [-0.1, -0.05) is 41.4 Å². The number of amides is 2. The number of benzene rings is 3. The fourth-order valence-corrected chi connectivity index (χ4v) is 5.28. The number of carbonyl (C=O) groups excluding carboxylic acids is 2. The summed E-state index contributed by atoms with van der Waals surface area (Å²) in [5, 5.41) is 15.3. The van der Waals surface area contributed by atoms with Crippen molar-refractivity contribution in [3.05, 3.63) is 94.0 Å². The Morgan fingerprint density at radius 2 is 1.46 bits per heavy atom. The molecule has 2 amide bonds. The summed E-state index contributed by atoms with van der Waals surface area (Å²) >= 11 is 12.2. The molecule has 7 nitrogen and oxygen atoms in total. The minimum absolute atomic E-state index is 0.0266. The normalized spacial score (nSPS) is 20.2. The highest BCUT2D eigenvalue weighted by molar-refractivity contribution is 6.31. The molecule has 2 aliphatic heterocycles. The number of rotatable bonds is 5. The third-order valence-corrected chi connectivity index (χ3v) is 7.46. The van der Waals surface area contributed by atoms with E-state index in [2.05, 4.69) is 10.2 Å². The molecule has 192 valence electrons. The number of piperazine rings is 1. The topological polar surface area (TPSA) is 76.1 Å². The Hall–Kier alpha value is -3.10. The summed E-state index contributed by atoms with van der Waals surface area (Å²) in [7, 11) is 0. The van der Waals surface area contributed by atoms with Crippen LogP contribution >= 0.6 is 23.2 Å². The number of aliphatic hydroxyl groups excluding tert-OH is 1. The first-order chi connectivity index (χ1) is 17.9. The molecule has 0 saturated carbocycles. The van der Waals surface area contributed by atoms with Gasteiger partial charge in [-0.15, -0.1) is 0 Å². The van der Waals surface area contributed by atoms with E-state index in [0.29, 0.717) is 59.6 Å². The third kappa shape index (κ3) is 5.75. The van der Waals surface area contributed by atoms with Crippen LogP contribution in [0.2, 0.25) is 10.0 Å². The van der Waals surface area contributed by atoms with Crippen LogP contribution in [0.15, 0.2) is 72.8 Å². The molecule has 0 radical (unpaired) electrons. The number of hydrogen-bond donors (Lipinski definition) is 2. The van der Waals surface area contributed by atoms with Crippen LogP contribution in [0.3, 0.4) is 0 Å². The van der Waals surface area contributed by atoms with Gasteiger partial charge < -0.3 is 20.2 Å². The molecule has 2 saturated heterocycles. The van der Waals surface area contributed by atoms with Gasteiger partial charge in [-0.25, -0.2) is 0 Å². The van der Waals surface area contributed by atoms with E-state index < -0.39 is 6.10 Å². The summed E-state index contributed by atoms with van der Waals surface area (Å²) in [5.74, 6) is -0.186. The minimum atomic E-state index is -0.666. The zero-order valence-corrected chi connectivity index (χ0v) is 21.7. The second-order valence-electron chi connectivity index (χ2n) is 9.36. The van der Waals surface area contributed by atoms with Gasteiger partial charge in [0.15, 0.2) is 0 Å². The molecular formula is C28H28Cl2N4O3. The van der Waals surface area contributed by atoms with E-state index in [-0.39, 0.29) is 24.4 Å². The lowest BCUT2D eigenvalue weighted by Crippen LogP contribution is -2.54. The van der Waals surface area contributed by atoms with Crippen molar-refractivity contribution in [2.45, 2.75) is 12.1 Å². The Balaban J connectivity index is 1.23. The van der Waals surface area contributed by atoms with E-state index in [4.69, 9.17) is 23.2 Å². The molecule has 37 heavy (non-hydrogen) atoms. The van der Waals surface area contributed by atoms with E-state index in [0.717, 1.165) is 5.69 Å². The maximum atomic E-state index is 13.5. The number of β-amino-alcohol motifs (C(OH)–C–C–N with tert-alkyl or cyclic N) is 1. The first kappa shape index (κ1) is 25.5. The number of hydrogen-bond acceptors (Lipinski definition) is 5. The SMILES string of the molecule is O=C(c1ccc(Cl)cc1)N1CCN(C2CN(C(=O)c3ccc(Cl)cc3Nc3ccccc3)CC2O)CC1. The Labute approximate surface area is 226 Å². The number of halogens is 2. The largest absolute Gasteiger partial charge is 0.390 e. The van der Waals surface area contributed by atoms with Gasteiger partial charge in [-0.2, -0.15) is 0 Å². The molecule has 5 rings (SSSR count). The molecular weight excluding hydrogens is 511 g/mol. The molecule has 2 aliphatic rings. The summed E-state index contributed by atoms with van der Waals surface area (Å²) in [6.07, 6.45) is -0.666. The highest BCUT2D eigenvalue weighted by Crippen LogP contribution is 2.28. The first-order valence-electron chi connectivity index (χ1n) is 12.3. The standard InChI is InChI=1S/C28H28Cl2N4O3/c29-20-8-6-19(7-9-20)27(36)33-14-12-32(13-15-33)25-17-34(18-26(25)35)28(37)23-11-10-21(30)16-24(23)31-22-4-2-1-3-5-22/h1-11,16,25-26,31,35H,12-15,17-18H2. The van der Waals surface area contributed by atoms with Gasteiger partial charge in [0.25, 0.3) is 11.8 Å². The van der Waals surface area contributed by atoms with Gasteiger partial charge in [0.05, 0.1) is 23.4 Å². The summed E-state index contributed by atoms with van der Waals surface area (Å²) in [6.45, 7) is 3.04. The molecule has 0 spiro atoms. The van der Waals surface area contributed by atoms with E-state index in [9.17, 15) is 14.7 Å². The van der Waals surface area contributed by atoms with Crippen molar-refractivity contribution in [1.82, 2.24) is 14.7 Å². The number of nitrogens with zero attached hydrogens (tertiary/aromatic N) is 3. The number of carbonyl (C=O) groups is 2. The maximum absolute atomic E-state index is 13.5. The van der Waals surface area contributed by atoms with Crippen LogP contribution in [0.25, 0.3) is 0 Å². The predicted molar refractivity (Wildman–Crippen MR) is 146 cm³/mol. The zero-order valence-electron chi connectivity index (χ0n) is 20.2. The van der Waals surface area contributed by atoms with Crippen molar-refractivity contribution in [2.75, 3.05) is 44.6 Å². The average molecular weight is 539 g/mol. The van der Waals surface area contributed by atoms with Crippen molar-refractivity contribution >= 4 is 46.4 Å². The maximum Gasteiger partial charge on any atom is 0.256 e. The molecule has 0 bridgehead atoms. The predicted octanol–water partition coefficient (Wildman–Crippen LogP) is 4.38. The number of anilines is 2. The fraction of sp³-hybridized carbons (Fsp3) is 0.286. The van der Waals surface area contributed by atoms with Crippen LogP contribution in [0, 0.1) is 0 Å². The molecule has 2 heterocycles. The number of aliphatic hydroxyl groups is 1. The van der Waals surface area contributed by atoms with Crippen molar-refractivity contribution in [3.63, 3.8) is 0 Å². The second-order valence-corrected chi connectivity index (χ2v) is 10.2. The molecule has 2 atom stereocenters. The van der Waals surface area contributed by atoms with Gasteiger partial charge >= 0.3 is 0 Å². The summed E-state index contributed by atoms with van der Waals surface area (Å²) in [6, 6.07) is 21.5. The highest BCUT2D eigenvalue weighted by Gasteiger charge is 2.39. The summed E-state index contributed by atoms with van der Waals surface area (Å²) in [5.41, 5.74) is 2.58. The molecule has 2 unspecified atom stereocenters. The van der Waals surface area contributed by atoms with Crippen molar-refractivity contribution in [1.29, 1.82) is 0 Å². The van der Waals surface area contributed by atoms with Crippen LogP contribution < -0.4 is 5.32 Å². The summed E-state index contributed by atoms with van der Waals surface area (Å²) < 4.78 is 0. The van der Waals surface area contributed by atoms with Gasteiger partial charge in [-0.05, 0) is 54.6 Å². The van der Waals surface area contributed by atoms with Crippen LogP contribution in [0.5, 0.6) is 0 Å². The molecule has 2 N–H and O–H groups in total. The van der Waals surface area contributed by atoms with Crippen molar-refractivity contribution < 1.29 is 14.7 Å². The Bertz CT molecular complexity index is 1260. The molecule has 0 aliphatic carbocycles. The Kier molecular flexibility index (Phi) is 7.67.